The van der Waals surface area contributed by atoms with E-state index in [2.05, 4.69) is 32.7 Å². The van der Waals surface area contributed by atoms with Crippen LogP contribution in [-0.4, -0.2) is 42.6 Å². The summed E-state index contributed by atoms with van der Waals surface area (Å²) in [5.41, 5.74) is 5.13. The van der Waals surface area contributed by atoms with E-state index in [-0.39, 0.29) is 5.97 Å². The molecule has 0 rings (SSSR count). The Morgan fingerprint density at radius 2 is 1.89 bits per heavy atom. The molecule has 0 aliphatic heterocycles. The zero-order valence-corrected chi connectivity index (χ0v) is 13.5. The number of carbonyl (C=O) groups excluding carboxylic acids is 1. The summed E-state index contributed by atoms with van der Waals surface area (Å²) in [6.07, 6.45) is 2.68. The normalized spacial score (nSPS) is 16.5. The number of unbranched alkanes of at least 4 members (excludes halogenated alkanes) is 1. The molecule has 0 amide bonds. The van der Waals surface area contributed by atoms with Gasteiger partial charge >= 0.3 is 5.97 Å². The van der Waals surface area contributed by atoms with Crippen LogP contribution in [0.1, 0.15) is 53.9 Å². The summed E-state index contributed by atoms with van der Waals surface area (Å²) in [6.45, 7) is 11.7. The second-order valence-electron chi connectivity index (χ2n) is 6.06. The molecule has 2 N–H and O–H groups in total. The number of nitrogens with zero attached hydrogens (tertiary/aromatic N) is 1. The largest absolute Gasteiger partial charge is 0.465 e. The van der Waals surface area contributed by atoms with Crippen LogP contribution in [0.4, 0.5) is 0 Å². The van der Waals surface area contributed by atoms with Gasteiger partial charge in [0.15, 0.2) is 0 Å². The van der Waals surface area contributed by atoms with E-state index in [1.54, 1.807) is 13.8 Å². The number of ether oxygens (including phenoxy) is 1. The Labute approximate surface area is 118 Å². The monoisotopic (exact) mass is 272 g/mol. The summed E-state index contributed by atoms with van der Waals surface area (Å²) >= 11 is 0. The van der Waals surface area contributed by atoms with Crippen molar-refractivity contribution < 1.29 is 9.53 Å². The van der Waals surface area contributed by atoms with Crippen LogP contribution in [0.25, 0.3) is 0 Å². The van der Waals surface area contributed by atoms with Crippen molar-refractivity contribution in [3.8, 4) is 0 Å². The molecule has 4 heteroatoms. The lowest BCUT2D eigenvalue weighted by atomic mass is 9.96. The predicted octanol–water partition coefficient (Wildman–Crippen LogP) is 2.41. The van der Waals surface area contributed by atoms with Gasteiger partial charge in [-0.15, -0.1) is 0 Å². The SMILES string of the molecule is CCOC(=O)C(C)(N)CCCCN(C)C(C)C(C)C. The van der Waals surface area contributed by atoms with Crippen LogP contribution in [0, 0.1) is 5.92 Å². The van der Waals surface area contributed by atoms with Crippen molar-refractivity contribution in [1.82, 2.24) is 4.90 Å². The molecular formula is C15H32N2O2. The summed E-state index contributed by atoms with van der Waals surface area (Å²) in [6, 6.07) is 0.578. The topological polar surface area (TPSA) is 55.6 Å². The average molecular weight is 272 g/mol. The molecule has 0 aromatic carbocycles. The highest BCUT2D eigenvalue weighted by Crippen LogP contribution is 2.14. The van der Waals surface area contributed by atoms with E-state index in [1.807, 2.05) is 0 Å². The molecule has 4 nitrogen and oxygen atoms in total. The number of rotatable bonds is 9. The maximum absolute atomic E-state index is 11.6. The van der Waals surface area contributed by atoms with Crippen molar-refractivity contribution in [2.24, 2.45) is 11.7 Å². The first-order chi connectivity index (χ1) is 8.72. The number of hydrogen-bond donors (Lipinski definition) is 1. The third-order valence-corrected chi connectivity index (χ3v) is 3.86. The van der Waals surface area contributed by atoms with Crippen molar-refractivity contribution in [3.63, 3.8) is 0 Å². The summed E-state index contributed by atoms with van der Waals surface area (Å²) in [5.74, 6) is 0.364. The Morgan fingerprint density at radius 1 is 1.32 bits per heavy atom. The van der Waals surface area contributed by atoms with E-state index in [0.717, 1.165) is 19.4 Å². The van der Waals surface area contributed by atoms with Crippen molar-refractivity contribution in [2.45, 2.75) is 65.5 Å². The quantitative estimate of drug-likeness (QED) is 0.517. The van der Waals surface area contributed by atoms with Crippen LogP contribution in [0.5, 0.6) is 0 Å². The maximum atomic E-state index is 11.6. The highest BCUT2D eigenvalue weighted by atomic mass is 16.5. The Balaban J connectivity index is 3.94. The molecule has 0 spiro atoms. The summed E-state index contributed by atoms with van der Waals surface area (Å²) in [5, 5.41) is 0. The van der Waals surface area contributed by atoms with Gasteiger partial charge < -0.3 is 15.4 Å². The van der Waals surface area contributed by atoms with Crippen LogP contribution in [0.3, 0.4) is 0 Å². The Morgan fingerprint density at radius 3 is 2.37 bits per heavy atom. The fourth-order valence-electron chi connectivity index (χ4n) is 1.96. The molecule has 0 bridgehead atoms. The summed E-state index contributed by atoms with van der Waals surface area (Å²) in [4.78, 5) is 14.0. The van der Waals surface area contributed by atoms with Gasteiger partial charge in [0, 0.05) is 6.04 Å². The van der Waals surface area contributed by atoms with Crippen LogP contribution in [0.15, 0.2) is 0 Å². The number of nitrogens with two attached hydrogens (primary N) is 1. The summed E-state index contributed by atoms with van der Waals surface area (Å²) in [7, 11) is 2.15. The van der Waals surface area contributed by atoms with Crippen LogP contribution >= 0.6 is 0 Å². The number of carbonyl (C=O) groups is 1. The minimum Gasteiger partial charge on any atom is -0.465 e. The van der Waals surface area contributed by atoms with Gasteiger partial charge in [0.05, 0.1) is 6.61 Å². The fourth-order valence-corrected chi connectivity index (χ4v) is 1.96. The van der Waals surface area contributed by atoms with E-state index in [0.29, 0.717) is 25.0 Å². The molecule has 0 aliphatic rings. The first-order valence-electron chi connectivity index (χ1n) is 7.38. The number of hydrogen-bond acceptors (Lipinski definition) is 4. The van der Waals surface area contributed by atoms with Crippen LogP contribution < -0.4 is 5.73 Å². The molecule has 0 saturated heterocycles. The first-order valence-corrected chi connectivity index (χ1v) is 7.38. The van der Waals surface area contributed by atoms with Crippen LogP contribution in [0.2, 0.25) is 0 Å². The van der Waals surface area contributed by atoms with E-state index in [1.165, 1.54) is 0 Å². The van der Waals surface area contributed by atoms with Gasteiger partial charge in [-0.3, -0.25) is 4.79 Å². The standard InChI is InChI=1S/C15H32N2O2/c1-7-19-14(18)15(5,16)10-8-9-11-17(6)13(4)12(2)3/h12-13H,7-11,16H2,1-6H3. The Kier molecular flexibility index (Phi) is 8.26. The Bertz CT molecular complexity index is 265. The molecule has 0 aliphatic carbocycles. The van der Waals surface area contributed by atoms with E-state index in [4.69, 9.17) is 10.5 Å². The van der Waals surface area contributed by atoms with E-state index < -0.39 is 5.54 Å². The van der Waals surface area contributed by atoms with Crippen molar-refractivity contribution in [3.05, 3.63) is 0 Å². The zero-order valence-electron chi connectivity index (χ0n) is 13.5. The van der Waals surface area contributed by atoms with Gasteiger partial charge in [-0.2, -0.15) is 0 Å². The molecule has 0 heterocycles. The van der Waals surface area contributed by atoms with Gasteiger partial charge in [-0.1, -0.05) is 13.8 Å². The van der Waals surface area contributed by atoms with E-state index >= 15 is 0 Å². The van der Waals surface area contributed by atoms with Gasteiger partial charge in [-0.25, -0.2) is 0 Å². The highest BCUT2D eigenvalue weighted by Gasteiger charge is 2.29. The molecule has 0 fully saturated rings. The van der Waals surface area contributed by atoms with Crippen molar-refractivity contribution in [1.29, 1.82) is 0 Å². The lowest BCUT2D eigenvalue weighted by Crippen LogP contribution is -2.46. The smallest absolute Gasteiger partial charge is 0.325 e. The molecule has 114 valence electrons. The van der Waals surface area contributed by atoms with Gasteiger partial charge in [0.2, 0.25) is 0 Å². The minimum absolute atomic E-state index is 0.293. The molecule has 0 aromatic heterocycles. The predicted molar refractivity (Wildman–Crippen MR) is 80.0 cm³/mol. The van der Waals surface area contributed by atoms with Gasteiger partial charge in [0.1, 0.15) is 5.54 Å². The minimum atomic E-state index is -0.849. The second kappa shape index (κ2) is 8.54. The fraction of sp³-hybridized carbons (Fsp3) is 0.933. The first kappa shape index (κ1) is 18.4. The molecule has 0 saturated carbocycles. The lowest BCUT2D eigenvalue weighted by Gasteiger charge is -2.28. The Hall–Kier alpha value is -0.610. The second-order valence-corrected chi connectivity index (χ2v) is 6.06. The van der Waals surface area contributed by atoms with E-state index in [9.17, 15) is 4.79 Å². The van der Waals surface area contributed by atoms with Crippen molar-refractivity contribution in [2.75, 3.05) is 20.2 Å². The third kappa shape index (κ3) is 6.92. The zero-order chi connectivity index (χ0) is 15.1. The molecular weight excluding hydrogens is 240 g/mol. The molecule has 2 unspecified atom stereocenters. The molecule has 19 heavy (non-hydrogen) atoms. The average Bonchev–Trinajstić information content (AvgIpc) is 2.33. The third-order valence-electron chi connectivity index (χ3n) is 3.86. The number of esters is 1. The molecule has 0 aromatic rings. The van der Waals surface area contributed by atoms with Crippen LogP contribution in [-0.2, 0) is 9.53 Å². The highest BCUT2D eigenvalue weighted by molar-refractivity contribution is 5.79. The van der Waals surface area contributed by atoms with Gasteiger partial charge in [-0.05, 0) is 59.5 Å². The molecule has 2 atom stereocenters. The lowest BCUT2D eigenvalue weighted by molar-refractivity contribution is -0.149. The molecule has 0 radical (unpaired) electrons. The van der Waals surface area contributed by atoms with Gasteiger partial charge in [0.25, 0.3) is 0 Å². The van der Waals surface area contributed by atoms with Crippen molar-refractivity contribution >= 4 is 5.97 Å². The summed E-state index contributed by atoms with van der Waals surface area (Å²) < 4.78 is 4.98. The maximum Gasteiger partial charge on any atom is 0.325 e.